The van der Waals surface area contributed by atoms with Gasteiger partial charge in [-0.1, -0.05) is 24.8 Å². The number of rotatable bonds is 5. The molecule has 1 aliphatic carbocycles. The second-order valence-corrected chi connectivity index (χ2v) is 5.76. The Morgan fingerprint density at radius 2 is 2.15 bits per heavy atom. The van der Waals surface area contributed by atoms with Gasteiger partial charge in [0.25, 0.3) is 0 Å². The quantitative estimate of drug-likeness (QED) is 0.835. The van der Waals surface area contributed by atoms with Crippen LogP contribution in [0.2, 0.25) is 0 Å². The van der Waals surface area contributed by atoms with E-state index in [4.69, 9.17) is 0 Å². The number of nitrogens with zero attached hydrogens (tertiary/aromatic N) is 2. The first-order valence-corrected chi connectivity index (χ1v) is 7.15. The number of benzene rings is 1. The lowest BCUT2D eigenvalue weighted by Crippen LogP contribution is -2.46. The third-order valence-electron chi connectivity index (χ3n) is 3.85. The molecule has 1 saturated carbocycles. The molecule has 4 nitrogen and oxygen atoms in total. The molecule has 2 aliphatic rings. The van der Waals surface area contributed by atoms with Crippen LogP contribution in [0.3, 0.4) is 0 Å². The predicted molar refractivity (Wildman–Crippen MR) is 80.8 cm³/mol. The van der Waals surface area contributed by atoms with Crippen LogP contribution < -0.4 is 10.2 Å². The number of carbonyl (C=O) groups excluding carboxylic acids is 1. The SMILES string of the molecule is C=C(CNC1CC1)CN1C(=O)N(C)Cc2ccccc21. The van der Waals surface area contributed by atoms with E-state index in [1.54, 1.807) is 4.90 Å². The predicted octanol–water partition coefficient (Wildman–Crippen LogP) is 2.37. The average Bonchev–Trinajstić information content (AvgIpc) is 3.26. The van der Waals surface area contributed by atoms with E-state index in [-0.39, 0.29) is 6.03 Å². The van der Waals surface area contributed by atoms with E-state index in [9.17, 15) is 4.79 Å². The van der Waals surface area contributed by atoms with Gasteiger partial charge in [0.2, 0.25) is 0 Å². The van der Waals surface area contributed by atoms with E-state index in [0.29, 0.717) is 19.1 Å². The first kappa shape index (κ1) is 13.2. The van der Waals surface area contributed by atoms with Crippen LogP contribution >= 0.6 is 0 Å². The zero-order valence-corrected chi connectivity index (χ0v) is 11.9. The number of para-hydroxylation sites is 1. The molecule has 0 aromatic heterocycles. The number of urea groups is 1. The second-order valence-electron chi connectivity index (χ2n) is 5.76. The van der Waals surface area contributed by atoms with Gasteiger partial charge < -0.3 is 10.2 Å². The number of amides is 2. The fourth-order valence-corrected chi connectivity index (χ4v) is 2.55. The van der Waals surface area contributed by atoms with Gasteiger partial charge in [-0.15, -0.1) is 0 Å². The van der Waals surface area contributed by atoms with Gasteiger partial charge in [-0.3, -0.25) is 4.90 Å². The number of nitrogens with one attached hydrogen (secondary N) is 1. The lowest BCUT2D eigenvalue weighted by Gasteiger charge is -2.35. The molecule has 0 unspecified atom stereocenters. The van der Waals surface area contributed by atoms with Crippen LogP contribution in [-0.4, -0.2) is 37.1 Å². The highest BCUT2D eigenvalue weighted by molar-refractivity contribution is 5.95. The summed E-state index contributed by atoms with van der Waals surface area (Å²) in [5.41, 5.74) is 3.26. The van der Waals surface area contributed by atoms with E-state index in [2.05, 4.69) is 18.0 Å². The van der Waals surface area contributed by atoms with Gasteiger partial charge in [-0.2, -0.15) is 0 Å². The Morgan fingerprint density at radius 3 is 2.90 bits per heavy atom. The monoisotopic (exact) mass is 271 g/mol. The number of anilines is 1. The van der Waals surface area contributed by atoms with Crippen molar-refractivity contribution >= 4 is 11.7 Å². The van der Waals surface area contributed by atoms with Gasteiger partial charge in [0.1, 0.15) is 0 Å². The molecule has 1 aromatic rings. The van der Waals surface area contributed by atoms with Gasteiger partial charge in [0.05, 0.1) is 5.69 Å². The molecule has 3 rings (SSSR count). The van der Waals surface area contributed by atoms with Crippen LogP contribution in [-0.2, 0) is 6.54 Å². The molecular formula is C16H21N3O. The third-order valence-corrected chi connectivity index (χ3v) is 3.85. The summed E-state index contributed by atoms with van der Waals surface area (Å²) in [5, 5.41) is 3.44. The van der Waals surface area contributed by atoms with Crippen LogP contribution in [0.5, 0.6) is 0 Å². The van der Waals surface area contributed by atoms with E-state index >= 15 is 0 Å². The maximum absolute atomic E-state index is 12.4. The third kappa shape index (κ3) is 2.70. The first-order chi connectivity index (χ1) is 9.65. The number of hydrogen-bond donors (Lipinski definition) is 1. The molecule has 0 atom stereocenters. The largest absolute Gasteiger partial charge is 0.324 e. The number of carbonyl (C=O) groups is 1. The lowest BCUT2D eigenvalue weighted by molar-refractivity contribution is 0.211. The van der Waals surface area contributed by atoms with Crippen molar-refractivity contribution in [2.75, 3.05) is 25.0 Å². The number of hydrogen-bond acceptors (Lipinski definition) is 2. The standard InChI is InChI=1S/C16H21N3O/c1-12(9-17-14-7-8-14)10-19-15-6-4-3-5-13(15)11-18(2)16(19)20/h3-6,14,17H,1,7-11H2,2H3. The van der Waals surface area contributed by atoms with Crippen molar-refractivity contribution in [1.82, 2.24) is 10.2 Å². The summed E-state index contributed by atoms with van der Waals surface area (Å²) in [4.78, 5) is 15.9. The highest BCUT2D eigenvalue weighted by Gasteiger charge is 2.28. The fraction of sp³-hybridized carbons (Fsp3) is 0.438. The summed E-state index contributed by atoms with van der Waals surface area (Å²) in [6, 6.07) is 8.81. The summed E-state index contributed by atoms with van der Waals surface area (Å²) >= 11 is 0. The Bertz CT molecular complexity index is 536. The maximum atomic E-state index is 12.4. The van der Waals surface area contributed by atoms with Crippen molar-refractivity contribution in [2.24, 2.45) is 0 Å². The molecule has 0 saturated heterocycles. The molecule has 1 N–H and O–H groups in total. The average molecular weight is 271 g/mol. The normalized spacial score (nSPS) is 18.1. The topological polar surface area (TPSA) is 35.6 Å². The van der Waals surface area contributed by atoms with Crippen molar-refractivity contribution in [2.45, 2.75) is 25.4 Å². The van der Waals surface area contributed by atoms with Gasteiger partial charge in [0, 0.05) is 32.7 Å². The Kier molecular flexibility index (Phi) is 3.49. The molecule has 20 heavy (non-hydrogen) atoms. The lowest BCUT2D eigenvalue weighted by atomic mass is 10.1. The molecule has 0 bridgehead atoms. The van der Waals surface area contributed by atoms with Gasteiger partial charge in [-0.05, 0) is 30.0 Å². The van der Waals surface area contributed by atoms with Crippen LogP contribution in [0.4, 0.5) is 10.5 Å². The summed E-state index contributed by atoms with van der Waals surface area (Å²) in [7, 11) is 1.84. The van der Waals surface area contributed by atoms with Crippen molar-refractivity contribution in [3.8, 4) is 0 Å². The molecule has 1 aromatic carbocycles. The molecule has 2 amide bonds. The van der Waals surface area contributed by atoms with Crippen LogP contribution in [0.15, 0.2) is 36.4 Å². The van der Waals surface area contributed by atoms with Crippen LogP contribution in [0.25, 0.3) is 0 Å². The van der Waals surface area contributed by atoms with Gasteiger partial charge in [0.15, 0.2) is 0 Å². The Balaban J connectivity index is 1.72. The first-order valence-electron chi connectivity index (χ1n) is 7.15. The highest BCUT2D eigenvalue weighted by Crippen LogP contribution is 2.28. The van der Waals surface area contributed by atoms with Crippen molar-refractivity contribution in [3.05, 3.63) is 42.0 Å². The minimum Gasteiger partial charge on any atom is -0.323 e. The summed E-state index contributed by atoms with van der Waals surface area (Å²) in [5.74, 6) is 0. The van der Waals surface area contributed by atoms with Crippen molar-refractivity contribution in [1.29, 1.82) is 0 Å². The van der Waals surface area contributed by atoms with E-state index < -0.39 is 0 Å². The zero-order chi connectivity index (χ0) is 14.1. The minimum atomic E-state index is 0.0521. The molecule has 0 spiro atoms. The molecule has 1 heterocycles. The van der Waals surface area contributed by atoms with Gasteiger partial charge in [-0.25, -0.2) is 4.79 Å². The van der Waals surface area contributed by atoms with E-state index in [0.717, 1.165) is 17.8 Å². The molecule has 106 valence electrons. The Hall–Kier alpha value is -1.81. The second kappa shape index (κ2) is 5.29. The van der Waals surface area contributed by atoms with Crippen molar-refractivity contribution < 1.29 is 4.79 Å². The van der Waals surface area contributed by atoms with Gasteiger partial charge >= 0.3 is 6.03 Å². The van der Waals surface area contributed by atoms with Crippen LogP contribution in [0.1, 0.15) is 18.4 Å². The molecule has 1 fully saturated rings. The highest BCUT2D eigenvalue weighted by atomic mass is 16.2. The Morgan fingerprint density at radius 1 is 1.40 bits per heavy atom. The fourth-order valence-electron chi connectivity index (χ4n) is 2.55. The van der Waals surface area contributed by atoms with E-state index in [1.165, 1.54) is 18.4 Å². The van der Waals surface area contributed by atoms with Crippen molar-refractivity contribution in [3.63, 3.8) is 0 Å². The van der Waals surface area contributed by atoms with E-state index in [1.807, 2.05) is 30.1 Å². The summed E-state index contributed by atoms with van der Waals surface area (Å²) in [6.45, 7) is 6.16. The molecular weight excluding hydrogens is 250 g/mol. The maximum Gasteiger partial charge on any atom is 0.324 e. The molecule has 4 heteroatoms. The molecule has 1 aliphatic heterocycles. The molecule has 0 radical (unpaired) electrons. The zero-order valence-electron chi connectivity index (χ0n) is 11.9. The Labute approximate surface area is 120 Å². The van der Waals surface area contributed by atoms with Crippen LogP contribution in [0, 0.1) is 0 Å². The summed E-state index contributed by atoms with van der Waals surface area (Å²) < 4.78 is 0. The summed E-state index contributed by atoms with van der Waals surface area (Å²) in [6.07, 6.45) is 2.53. The smallest absolute Gasteiger partial charge is 0.323 e. The number of fused-ring (bicyclic) bond motifs is 1. The minimum absolute atomic E-state index is 0.0521.